The predicted octanol–water partition coefficient (Wildman–Crippen LogP) is 2.56. The van der Waals surface area contributed by atoms with Crippen LogP contribution >= 0.6 is 22.7 Å². The van der Waals surface area contributed by atoms with Crippen LogP contribution in [0.1, 0.15) is 31.8 Å². The van der Waals surface area contributed by atoms with Crippen LogP contribution in [-0.2, 0) is 6.54 Å². The van der Waals surface area contributed by atoms with Crippen LogP contribution in [0, 0.1) is 13.8 Å². The second-order valence-electron chi connectivity index (χ2n) is 5.52. The average molecular weight is 336 g/mol. The third-order valence-corrected chi connectivity index (χ3v) is 5.48. The monoisotopic (exact) mass is 336 g/mol. The van der Waals surface area contributed by atoms with E-state index >= 15 is 0 Å². The molecular weight excluding hydrogens is 316 g/mol. The van der Waals surface area contributed by atoms with E-state index in [9.17, 15) is 4.79 Å². The maximum Gasteiger partial charge on any atom is 0.265 e. The number of amides is 1. The summed E-state index contributed by atoms with van der Waals surface area (Å²) in [5.74, 6) is 0.122. The lowest BCUT2D eigenvalue weighted by atomic mass is 10.3. The minimum Gasteiger partial charge on any atom is -0.337 e. The van der Waals surface area contributed by atoms with Crippen LogP contribution in [0.2, 0.25) is 0 Å². The van der Waals surface area contributed by atoms with Crippen LogP contribution in [0.25, 0.3) is 0 Å². The zero-order chi connectivity index (χ0) is 15.5. The van der Waals surface area contributed by atoms with Crippen LogP contribution in [0.4, 0.5) is 0 Å². The van der Waals surface area contributed by atoms with Crippen LogP contribution in [-0.4, -0.2) is 51.9 Å². The Kier molecular flexibility index (Phi) is 4.85. The topological polar surface area (TPSA) is 49.3 Å². The number of nitrogens with zero attached hydrogens (tertiary/aromatic N) is 4. The second-order valence-corrected chi connectivity index (χ2v) is 7.82. The Balaban J connectivity index is 1.58. The van der Waals surface area contributed by atoms with E-state index in [1.54, 1.807) is 17.5 Å². The van der Waals surface area contributed by atoms with E-state index in [-0.39, 0.29) is 5.91 Å². The van der Waals surface area contributed by atoms with Crippen molar-refractivity contribution in [1.29, 1.82) is 0 Å². The number of rotatable bonds is 3. The molecule has 0 aromatic carbocycles. The van der Waals surface area contributed by atoms with Gasteiger partial charge < -0.3 is 4.90 Å². The maximum atomic E-state index is 12.5. The lowest BCUT2D eigenvalue weighted by Gasteiger charge is -2.20. The molecule has 0 radical (unpaired) electrons. The highest BCUT2D eigenvalue weighted by atomic mass is 32.1. The summed E-state index contributed by atoms with van der Waals surface area (Å²) in [5.41, 5.74) is 1.14. The summed E-state index contributed by atoms with van der Waals surface area (Å²) in [6.07, 6.45) is 2.70. The van der Waals surface area contributed by atoms with Crippen LogP contribution in [0.5, 0.6) is 0 Å². The fraction of sp³-hybridized carbons (Fsp3) is 0.533. The fourth-order valence-corrected chi connectivity index (χ4v) is 4.01. The van der Waals surface area contributed by atoms with Gasteiger partial charge in [0.1, 0.15) is 4.88 Å². The van der Waals surface area contributed by atoms with Crippen LogP contribution in [0.15, 0.2) is 11.6 Å². The summed E-state index contributed by atoms with van der Waals surface area (Å²) in [6, 6.07) is 0. The van der Waals surface area contributed by atoms with E-state index in [0.29, 0.717) is 0 Å². The molecule has 3 rings (SSSR count). The molecule has 5 nitrogen and oxygen atoms in total. The van der Waals surface area contributed by atoms with Gasteiger partial charge >= 0.3 is 0 Å². The SMILES string of the molecule is Cc1nc(CN2CCCN(C(=O)c3cnc(C)s3)CC2)cs1. The molecule has 118 valence electrons. The van der Waals surface area contributed by atoms with Gasteiger partial charge in [-0.15, -0.1) is 22.7 Å². The molecule has 22 heavy (non-hydrogen) atoms. The molecule has 1 aliphatic heterocycles. The number of carbonyl (C=O) groups is 1. The number of hydrogen-bond donors (Lipinski definition) is 0. The Morgan fingerprint density at radius 1 is 1.23 bits per heavy atom. The van der Waals surface area contributed by atoms with Crippen molar-refractivity contribution in [3.05, 3.63) is 32.2 Å². The Bertz CT molecular complexity index is 652. The molecule has 0 N–H and O–H groups in total. The second kappa shape index (κ2) is 6.85. The van der Waals surface area contributed by atoms with E-state index in [1.165, 1.54) is 11.3 Å². The highest BCUT2D eigenvalue weighted by Gasteiger charge is 2.22. The molecule has 1 amide bonds. The minimum atomic E-state index is 0.122. The van der Waals surface area contributed by atoms with Crippen molar-refractivity contribution in [1.82, 2.24) is 19.8 Å². The largest absolute Gasteiger partial charge is 0.337 e. The smallest absolute Gasteiger partial charge is 0.265 e. The lowest BCUT2D eigenvalue weighted by Crippen LogP contribution is -2.34. The van der Waals surface area contributed by atoms with Crippen molar-refractivity contribution < 1.29 is 4.79 Å². The molecule has 0 spiro atoms. The standard InChI is InChI=1S/C15H20N4OS2/c1-11-16-8-14(22-11)15(20)19-5-3-4-18(6-7-19)9-13-10-21-12(2)17-13/h8,10H,3-7,9H2,1-2H3. The maximum absolute atomic E-state index is 12.5. The molecule has 0 atom stereocenters. The summed E-state index contributed by atoms with van der Waals surface area (Å²) in [5, 5.41) is 4.18. The van der Waals surface area contributed by atoms with Crippen molar-refractivity contribution in [2.24, 2.45) is 0 Å². The van der Waals surface area contributed by atoms with Gasteiger partial charge in [-0.2, -0.15) is 0 Å². The van der Waals surface area contributed by atoms with Crippen molar-refractivity contribution in [2.45, 2.75) is 26.8 Å². The van der Waals surface area contributed by atoms with E-state index < -0.39 is 0 Å². The molecule has 1 fully saturated rings. The first kappa shape index (κ1) is 15.6. The Labute approximate surface area is 138 Å². The predicted molar refractivity (Wildman–Crippen MR) is 89.5 cm³/mol. The first-order chi connectivity index (χ1) is 10.6. The third-order valence-electron chi connectivity index (χ3n) is 3.76. The molecule has 2 aromatic heterocycles. The molecular formula is C15H20N4OS2. The van der Waals surface area contributed by atoms with Gasteiger partial charge in [-0.25, -0.2) is 9.97 Å². The molecule has 3 heterocycles. The lowest BCUT2D eigenvalue weighted by molar-refractivity contribution is 0.0765. The van der Waals surface area contributed by atoms with Gasteiger partial charge in [0.05, 0.1) is 21.9 Å². The molecule has 0 bridgehead atoms. The van der Waals surface area contributed by atoms with E-state index in [4.69, 9.17) is 0 Å². The number of aryl methyl sites for hydroxylation is 2. The van der Waals surface area contributed by atoms with Gasteiger partial charge in [-0.3, -0.25) is 9.69 Å². The molecule has 0 unspecified atom stereocenters. The molecule has 2 aromatic rings. The van der Waals surface area contributed by atoms with Crippen LogP contribution in [0.3, 0.4) is 0 Å². The normalized spacial score (nSPS) is 16.7. The van der Waals surface area contributed by atoms with Gasteiger partial charge in [0.2, 0.25) is 0 Å². The Morgan fingerprint density at radius 2 is 2.09 bits per heavy atom. The summed E-state index contributed by atoms with van der Waals surface area (Å²) in [6.45, 7) is 8.37. The van der Waals surface area contributed by atoms with E-state index in [1.807, 2.05) is 18.7 Å². The minimum absolute atomic E-state index is 0.122. The third kappa shape index (κ3) is 3.71. The summed E-state index contributed by atoms with van der Waals surface area (Å²) in [7, 11) is 0. The van der Waals surface area contributed by atoms with E-state index in [2.05, 4.69) is 20.2 Å². The summed E-state index contributed by atoms with van der Waals surface area (Å²) in [4.78, 5) is 26.3. The molecule has 0 saturated carbocycles. The quantitative estimate of drug-likeness (QED) is 0.864. The Hall–Kier alpha value is -1.31. The number of aromatic nitrogens is 2. The van der Waals surface area contributed by atoms with E-state index in [0.717, 1.165) is 59.7 Å². The van der Waals surface area contributed by atoms with Crippen molar-refractivity contribution >= 4 is 28.6 Å². The number of carbonyl (C=O) groups excluding carboxylic acids is 1. The van der Waals surface area contributed by atoms with Crippen molar-refractivity contribution in [3.63, 3.8) is 0 Å². The summed E-state index contributed by atoms with van der Waals surface area (Å²) >= 11 is 3.17. The zero-order valence-corrected chi connectivity index (χ0v) is 14.5. The molecule has 7 heteroatoms. The Morgan fingerprint density at radius 3 is 2.77 bits per heavy atom. The van der Waals surface area contributed by atoms with Gasteiger partial charge in [0, 0.05) is 38.1 Å². The number of hydrogen-bond acceptors (Lipinski definition) is 6. The first-order valence-electron chi connectivity index (χ1n) is 7.47. The molecule has 1 saturated heterocycles. The first-order valence-corrected chi connectivity index (χ1v) is 9.16. The van der Waals surface area contributed by atoms with Gasteiger partial charge in [-0.1, -0.05) is 0 Å². The average Bonchev–Trinajstić information content (AvgIpc) is 3.02. The van der Waals surface area contributed by atoms with Gasteiger partial charge in [0.15, 0.2) is 0 Å². The highest BCUT2D eigenvalue weighted by molar-refractivity contribution is 7.13. The zero-order valence-electron chi connectivity index (χ0n) is 12.9. The van der Waals surface area contributed by atoms with Gasteiger partial charge in [-0.05, 0) is 20.3 Å². The highest BCUT2D eigenvalue weighted by Crippen LogP contribution is 2.17. The summed E-state index contributed by atoms with van der Waals surface area (Å²) < 4.78 is 0. The number of thiazole rings is 2. The van der Waals surface area contributed by atoms with Crippen molar-refractivity contribution in [2.75, 3.05) is 26.2 Å². The fourth-order valence-electron chi connectivity index (χ4n) is 2.66. The molecule has 1 aliphatic rings. The van der Waals surface area contributed by atoms with Crippen LogP contribution < -0.4 is 0 Å². The molecule has 0 aliphatic carbocycles. The van der Waals surface area contributed by atoms with Crippen molar-refractivity contribution in [3.8, 4) is 0 Å². The van der Waals surface area contributed by atoms with Gasteiger partial charge in [0.25, 0.3) is 5.91 Å².